The highest BCUT2D eigenvalue weighted by Gasteiger charge is 2.03. The zero-order valence-electron chi connectivity index (χ0n) is 5.23. The van der Waals surface area contributed by atoms with E-state index in [1.165, 1.54) is 0 Å². The van der Waals surface area contributed by atoms with Crippen molar-refractivity contribution < 1.29 is 5.11 Å². The zero-order valence-corrected chi connectivity index (χ0v) is 7.02. The molecule has 0 heterocycles. The topological polar surface area (TPSA) is 20.2 Å². The van der Waals surface area contributed by atoms with Gasteiger partial charge in [0.05, 0.1) is 4.58 Å². The molecule has 0 aromatic heterocycles. The maximum atomic E-state index is 9.18. The lowest BCUT2D eigenvalue weighted by molar-refractivity contribution is 0.470. The van der Waals surface area contributed by atoms with Crippen LogP contribution in [-0.4, -0.2) is 5.11 Å². The van der Waals surface area contributed by atoms with Gasteiger partial charge in [-0.1, -0.05) is 18.2 Å². The lowest BCUT2D eigenvalue weighted by atomic mass is 10.2. The van der Waals surface area contributed by atoms with Crippen molar-refractivity contribution >= 4 is 25.3 Å². The van der Waals surface area contributed by atoms with Gasteiger partial charge in [-0.25, -0.2) is 0 Å². The molecule has 0 unspecified atom stereocenters. The first-order chi connectivity index (χ1) is 4.72. The number of hydrogen-bond donors (Lipinski definition) is 3. The standard InChI is InChI=1S/C7H8OS2/c8-6-4-2-1-3-5(6)7(9)10/h1-4,7-10H. The fraction of sp³-hybridized carbons (Fsp3) is 0.143. The Labute approximate surface area is 70.9 Å². The second-order valence-electron chi connectivity index (χ2n) is 1.93. The van der Waals surface area contributed by atoms with Crippen molar-refractivity contribution in [3.63, 3.8) is 0 Å². The predicted octanol–water partition coefficient (Wildman–Crippen LogP) is 2.25. The van der Waals surface area contributed by atoms with Crippen molar-refractivity contribution in [3.8, 4) is 5.75 Å². The van der Waals surface area contributed by atoms with Crippen LogP contribution in [0.3, 0.4) is 0 Å². The second-order valence-corrected chi connectivity index (χ2v) is 3.37. The molecule has 0 bridgehead atoms. The van der Waals surface area contributed by atoms with E-state index in [4.69, 9.17) is 0 Å². The summed E-state index contributed by atoms with van der Waals surface area (Å²) >= 11 is 8.12. The van der Waals surface area contributed by atoms with Gasteiger partial charge in [-0.2, -0.15) is 25.3 Å². The third kappa shape index (κ3) is 1.61. The molecule has 1 aromatic carbocycles. The fourth-order valence-corrected chi connectivity index (χ4v) is 1.14. The molecule has 1 N–H and O–H groups in total. The van der Waals surface area contributed by atoms with Crippen LogP contribution in [0.15, 0.2) is 24.3 Å². The Hall–Kier alpha value is -0.280. The Bertz CT molecular complexity index is 223. The molecule has 1 aromatic rings. The first kappa shape index (κ1) is 7.82. The van der Waals surface area contributed by atoms with Gasteiger partial charge in [-0.05, 0) is 6.07 Å². The average molecular weight is 172 g/mol. The lowest BCUT2D eigenvalue weighted by Crippen LogP contribution is -1.80. The molecule has 0 radical (unpaired) electrons. The van der Waals surface area contributed by atoms with E-state index in [2.05, 4.69) is 25.3 Å². The highest BCUT2D eigenvalue weighted by molar-refractivity contribution is 7.98. The number of rotatable bonds is 1. The molecule has 0 aliphatic heterocycles. The van der Waals surface area contributed by atoms with Gasteiger partial charge < -0.3 is 5.11 Å². The van der Waals surface area contributed by atoms with Crippen LogP contribution < -0.4 is 0 Å². The van der Waals surface area contributed by atoms with Crippen molar-refractivity contribution in [2.24, 2.45) is 0 Å². The molecule has 54 valence electrons. The van der Waals surface area contributed by atoms with Gasteiger partial charge in [-0.3, -0.25) is 0 Å². The summed E-state index contributed by atoms with van der Waals surface area (Å²) in [4.78, 5) is 0. The van der Waals surface area contributed by atoms with Gasteiger partial charge in [-0.15, -0.1) is 0 Å². The Morgan fingerprint density at radius 2 is 1.80 bits per heavy atom. The molecular formula is C7H8OS2. The van der Waals surface area contributed by atoms with Gasteiger partial charge in [0.25, 0.3) is 0 Å². The quantitative estimate of drug-likeness (QED) is 0.438. The van der Waals surface area contributed by atoms with Crippen molar-refractivity contribution in [1.82, 2.24) is 0 Å². The summed E-state index contributed by atoms with van der Waals surface area (Å²) in [5.41, 5.74) is 0.745. The summed E-state index contributed by atoms with van der Waals surface area (Å²) in [5, 5.41) is 9.18. The first-order valence-corrected chi connectivity index (χ1v) is 3.89. The normalized spacial score (nSPS) is 10.3. The molecule has 0 amide bonds. The summed E-state index contributed by atoms with van der Waals surface area (Å²) in [6.07, 6.45) is 0. The molecular weight excluding hydrogens is 164 g/mol. The van der Waals surface area contributed by atoms with E-state index in [0.29, 0.717) is 0 Å². The van der Waals surface area contributed by atoms with E-state index in [9.17, 15) is 5.11 Å². The molecule has 0 spiro atoms. The van der Waals surface area contributed by atoms with Gasteiger partial charge in [0.15, 0.2) is 0 Å². The number of hydrogen-bond acceptors (Lipinski definition) is 3. The Morgan fingerprint density at radius 1 is 1.20 bits per heavy atom. The minimum absolute atomic E-state index is 0.207. The van der Waals surface area contributed by atoms with Crippen LogP contribution in [0.25, 0.3) is 0 Å². The molecule has 0 atom stereocenters. The number of thiol groups is 2. The van der Waals surface area contributed by atoms with E-state index in [0.717, 1.165) is 5.56 Å². The van der Waals surface area contributed by atoms with Crippen LogP contribution in [-0.2, 0) is 0 Å². The van der Waals surface area contributed by atoms with E-state index in [1.807, 2.05) is 6.07 Å². The first-order valence-electron chi connectivity index (χ1n) is 2.86. The van der Waals surface area contributed by atoms with Crippen molar-refractivity contribution in [1.29, 1.82) is 0 Å². The Balaban J connectivity index is 3.03. The third-order valence-electron chi connectivity index (χ3n) is 1.21. The Morgan fingerprint density at radius 3 is 2.20 bits per heavy atom. The number of phenols is 1. The molecule has 0 aliphatic rings. The summed E-state index contributed by atoms with van der Waals surface area (Å²) in [6, 6.07) is 7.02. The van der Waals surface area contributed by atoms with E-state index in [-0.39, 0.29) is 10.3 Å². The largest absolute Gasteiger partial charge is 0.508 e. The van der Waals surface area contributed by atoms with Gasteiger partial charge in [0, 0.05) is 5.56 Å². The molecule has 1 nitrogen and oxygen atoms in total. The van der Waals surface area contributed by atoms with E-state index in [1.54, 1.807) is 18.2 Å². The van der Waals surface area contributed by atoms with Crippen molar-refractivity contribution in [2.45, 2.75) is 4.58 Å². The molecule has 3 heteroatoms. The second kappa shape index (κ2) is 3.21. The average Bonchev–Trinajstić information content (AvgIpc) is 1.88. The summed E-state index contributed by atoms with van der Waals surface area (Å²) in [6.45, 7) is 0. The monoisotopic (exact) mass is 172 g/mol. The number of para-hydroxylation sites is 1. The zero-order chi connectivity index (χ0) is 7.56. The molecule has 0 aliphatic carbocycles. The minimum atomic E-state index is -0.207. The molecule has 0 fully saturated rings. The van der Waals surface area contributed by atoms with Crippen LogP contribution in [0.1, 0.15) is 10.1 Å². The lowest BCUT2D eigenvalue weighted by Gasteiger charge is -2.04. The molecule has 0 saturated carbocycles. The SMILES string of the molecule is Oc1ccccc1C(S)S. The summed E-state index contributed by atoms with van der Waals surface area (Å²) < 4.78 is -0.207. The van der Waals surface area contributed by atoms with Crippen molar-refractivity contribution in [2.75, 3.05) is 0 Å². The van der Waals surface area contributed by atoms with Crippen LogP contribution in [0, 0.1) is 0 Å². The van der Waals surface area contributed by atoms with E-state index < -0.39 is 0 Å². The molecule has 0 saturated heterocycles. The van der Waals surface area contributed by atoms with Crippen molar-refractivity contribution in [3.05, 3.63) is 29.8 Å². The molecule has 10 heavy (non-hydrogen) atoms. The van der Waals surface area contributed by atoms with Crippen LogP contribution in [0.5, 0.6) is 5.75 Å². The summed E-state index contributed by atoms with van der Waals surface area (Å²) in [5.74, 6) is 0.248. The highest BCUT2D eigenvalue weighted by Crippen LogP contribution is 2.30. The number of phenolic OH excluding ortho intramolecular Hbond substituents is 1. The van der Waals surface area contributed by atoms with Crippen LogP contribution >= 0.6 is 25.3 Å². The predicted molar refractivity (Wildman–Crippen MR) is 48.8 cm³/mol. The smallest absolute Gasteiger partial charge is 0.120 e. The van der Waals surface area contributed by atoms with Gasteiger partial charge >= 0.3 is 0 Å². The summed E-state index contributed by atoms with van der Waals surface area (Å²) in [7, 11) is 0. The number of aromatic hydroxyl groups is 1. The molecule has 1 rings (SSSR count). The van der Waals surface area contributed by atoms with Crippen LogP contribution in [0.4, 0.5) is 0 Å². The fourth-order valence-electron chi connectivity index (χ4n) is 0.706. The number of benzene rings is 1. The van der Waals surface area contributed by atoms with E-state index >= 15 is 0 Å². The van der Waals surface area contributed by atoms with Crippen LogP contribution in [0.2, 0.25) is 0 Å². The maximum absolute atomic E-state index is 9.18. The third-order valence-corrected chi connectivity index (χ3v) is 1.77. The highest BCUT2D eigenvalue weighted by atomic mass is 32.2. The minimum Gasteiger partial charge on any atom is -0.508 e. The maximum Gasteiger partial charge on any atom is 0.120 e. The Kier molecular flexibility index (Phi) is 2.51. The van der Waals surface area contributed by atoms with Gasteiger partial charge in [0.2, 0.25) is 0 Å². The van der Waals surface area contributed by atoms with Gasteiger partial charge in [0.1, 0.15) is 5.75 Å².